The molecule has 0 radical (unpaired) electrons. The molecular weight excluding hydrogens is 420 g/mol. The largest absolute Gasteiger partial charge is 0.452 e. The standard InChI is InChI=1S/C23H21ClN2O5/c24-16-6-8-17(9-7-16)26-21(28)18-10-5-15(13-19(18)22(26)29)23(30)31-14-20(27)25-11-3-1-2-4-12-25/h5-10,13H,1-4,11-12,14H2. The van der Waals surface area contributed by atoms with E-state index in [1.165, 1.54) is 18.2 Å². The second-order valence-electron chi connectivity index (χ2n) is 7.55. The fourth-order valence-corrected chi connectivity index (χ4v) is 3.94. The Balaban J connectivity index is 1.46. The van der Waals surface area contributed by atoms with Crippen molar-refractivity contribution in [3.8, 4) is 0 Å². The summed E-state index contributed by atoms with van der Waals surface area (Å²) in [5.74, 6) is -1.94. The number of fused-ring (bicyclic) bond motifs is 1. The van der Waals surface area contributed by atoms with Gasteiger partial charge >= 0.3 is 5.97 Å². The lowest BCUT2D eigenvalue weighted by atomic mass is 10.1. The van der Waals surface area contributed by atoms with E-state index in [9.17, 15) is 19.2 Å². The molecule has 1 fully saturated rings. The van der Waals surface area contributed by atoms with Crippen LogP contribution in [0.25, 0.3) is 0 Å². The van der Waals surface area contributed by atoms with Crippen molar-refractivity contribution in [2.75, 3.05) is 24.6 Å². The first kappa shape index (κ1) is 21.1. The number of amides is 3. The molecule has 0 bridgehead atoms. The molecule has 7 nitrogen and oxygen atoms in total. The number of esters is 1. The number of likely N-dealkylation sites (tertiary alicyclic amines) is 1. The molecule has 2 heterocycles. The highest BCUT2D eigenvalue weighted by molar-refractivity contribution is 6.35. The van der Waals surface area contributed by atoms with Crippen molar-refractivity contribution in [2.45, 2.75) is 25.7 Å². The van der Waals surface area contributed by atoms with Gasteiger partial charge in [0.2, 0.25) is 0 Å². The lowest BCUT2D eigenvalue weighted by Crippen LogP contribution is -2.35. The van der Waals surface area contributed by atoms with E-state index < -0.39 is 17.8 Å². The van der Waals surface area contributed by atoms with Crippen LogP contribution in [0, 0.1) is 0 Å². The predicted molar refractivity (Wildman–Crippen MR) is 114 cm³/mol. The van der Waals surface area contributed by atoms with Gasteiger partial charge in [0.05, 0.1) is 22.4 Å². The van der Waals surface area contributed by atoms with E-state index in [1.807, 2.05) is 0 Å². The Labute approximate surface area is 184 Å². The Bertz CT molecular complexity index is 1040. The van der Waals surface area contributed by atoms with Gasteiger partial charge in [-0.2, -0.15) is 0 Å². The molecular formula is C23H21ClN2O5. The quantitative estimate of drug-likeness (QED) is 0.534. The van der Waals surface area contributed by atoms with Gasteiger partial charge in [-0.05, 0) is 55.3 Å². The molecule has 0 aliphatic carbocycles. The van der Waals surface area contributed by atoms with Gasteiger partial charge < -0.3 is 9.64 Å². The van der Waals surface area contributed by atoms with Crippen LogP contribution in [0.2, 0.25) is 5.02 Å². The minimum Gasteiger partial charge on any atom is -0.452 e. The first-order valence-electron chi connectivity index (χ1n) is 10.2. The third-order valence-corrected chi connectivity index (χ3v) is 5.74. The first-order valence-corrected chi connectivity index (χ1v) is 10.6. The summed E-state index contributed by atoms with van der Waals surface area (Å²) < 4.78 is 5.18. The van der Waals surface area contributed by atoms with Crippen molar-refractivity contribution in [2.24, 2.45) is 0 Å². The van der Waals surface area contributed by atoms with Gasteiger partial charge in [-0.25, -0.2) is 9.69 Å². The van der Waals surface area contributed by atoms with Gasteiger partial charge in [0, 0.05) is 18.1 Å². The smallest absolute Gasteiger partial charge is 0.338 e. The summed E-state index contributed by atoms with van der Waals surface area (Å²) in [6.45, 7) is 0.998. The number of benzene rings is 2. The molecule has 160 valence electrons. The zero-order valence-electron chi connectivity index (χ0n) is 16.8. The number of nitrogens with zero attached hydrogens (tertiary/aromatic N) is 2. The van der Waals surface area contributed by atoms with E-state index >= 15 is 0 Å². The summed E-state index contributed by atoms with van der Waals surface area (Å²) in [4.78, 5) is 53.1. The summed E-state index contributed by atoms with van der Waals surface area (Å²) >= 11 is 5.88. The molecule has 2 aliphatic heterocycles. The van der Waals surface area contributed by atoms with E-state index in [4.69, 9.17) is 16.3 Å². The van der Waals surface area contributed by atoms with Crippen LogP contribution in [0.4, 0.5) is 5.69 Å². The molecule has 1 saturated heterocycles. The molecule has 8 heteroatoms. The fourth-order valence-electron chi connectivity index (χ4n) is 3.81. The zero-order valence-corrected chi connectivity index (χ0v) is 17.6. The summed E-state index contributed by atoms with van der Waals surface area (Å²) in [6, 6.07) is 10.5. The summed E-state index contributed by atoms with van der Waals surface area (Å²) in [5, 5.41) is 0.486. The molecule has 2 aromatic carbocycles. The highest BCUT2D eigenvalue weighted by atomic mass is 35.5. The SMILES string of the molecule is O=C(OCC(=O)N1CCCCCC1)c1ccc2c(c1)C(=O)N(c1ccc(Cl)cc1)C2=O. The monoisotopic (exact) mass is 440 g/mol. The van der Waals surface area contributed by atoms with Gasteiger partial charge in [-0.15, -0.1) is 0 Å². The molecule has 4 rings (SSSR count). The lowest BCUT2D eigenvalue weighted by Gasteiger charge is -2.19. The van der Waals surface area contributed by atoms with E-state index in [0.29, 0.717) is 23.8 Å². The van der Waals surface area contributed by atoms with Gasteiger partial charge in [-0.1, -0.05) is 24.4 Å². The number of anilines is 1. The summed E-state index contributed by atoms with van der Waals surface area (Å²) in [6.07, 6.45) is 4.09. The molecule has 0 unspecified atom stereocenters. The topological polar surface area (TPSA) is 84.0 Å². The molecule has 2 aliphatic rings. The van der Waals surface area contributed by atoms with Crippen LogP contribution in [0.15, 0.2) is 42.5 Å². The maximum absolute atomic E-state index is 12.8. The van der Waals surface area contributed by atoms with E-state index in [2.05, 4.69) is 0 Å². The van der Waals surface area contributed by atoms with Crippen molar-refractivity contribution in [3.63, 3.8) is 0 Å². The molecule has 3 amide bonds. The first-order chi connectivity index (χ1) is 15.0. The maximum atomic E-state index is 12.8. The Morgan fingerprint density at radius 3 is 2.19 bits per heavy atom. The summed E-state index contributed by atoms with van der Waals surface area (Å²) in [5.41, 5.74) is 0.828. The van der Waals surface area contributed by atoms with Crippen molar-refractivity contribution >= 4 is 41.0 Å². The van der Waals surface area contributed by atoms with Gasteiger partial charge in [0.1, 0.15) is 0 Å². The Kier molecular flexibility index (Phi) is 6.04. The van der Waals surface area contributed by atoms with Crippen LogP contribution in [0.5, 0.6) is 0 Å². The highest BCUT2D eigenvalue weighted by Gasteiger charge is 2.37. The normalized spacial score (nSPS) is 16.2. The van der Waals surface area contributed by atoms with Crippen LogP contribution >= 0.6 is 11.6 Å². The molecule has 0 saturated carbocycles. The number of hydrogen-bond donors (Lipinski definition) is 0. The molecule has 0 N–H and O–H groups in total. The van der Waals surface area contributed by atoms with Crippen molar-refractivity contribution in [1.82, 2.24) is 4.90 Å². The molecule has 0 aromatic heterocycles. The van der Waals surface area contributed by atoms with E-state index in [1.54, 1.807) is 29.2 Å². The number of ether oxygens (including phenoxy) is 1. The number of rotatable bonds is 4. The minimum absolute atomic E-state index is 0.113. The van der Waals surface area contributed by atoms with Gasteiger partial charge in [0.15, 0.2) is 6.61 Å². The van der Waals surface area contributed by atoms with Gasteiger partial charge in [-0.3, -0.25) is 14.4 Å². The number of imide groups is 1. The fraction of sp³-hybridized carbons (Fsp3) is 0.304. The number of hydrogen-bond acceptors (Lipinski definition) is 5. The second-order valence-corrected chi connectivity index (χ2v) is 7.99. The summed E-state index contributed by atoms with van der Waals surface area (Å²) in [7, 11) is 0. The third kappa shape index (κ3) is 4.32. The number of carbonyl (C=O) groups is 4. The molecule has 31 heavy (non-hydrogen) atoms. The van der Waals surface area contributed by atoms with Gasteiger partial charge in [0.25, 0.3) is 17.7 Å². The van der Waals surface area contributed by atoms with E-state index in [-0.39, 0.29) is 29.2 Å². The van der Waals surface area contributed by atoms with Crippen LogP contribution in [-0.4, -0.2) is 48.3 Å². The average Bonchev–Trinajstić information content (AvgIpc) is 2.96. The van der Waals surface area contributed by atoms with Crippen molar-refractivity contribution in [3.05, 3.63) is 64.2 Å². The molecule has 0 spiro atoms. The maximum Gasteiger partial charge on any atom is 0.338 e. The molecule has 2 aromatic rings. The Morgan fingerprint density at radius 1 is 0.871 bits per heavy atom. The highest BCUT2D eigenvalue weighted by Crippen LogP contribution is 2.30. The molecule has 0 atom stereocenters. The lowest BCUT2D eigenvalue weighted by molar-refractivity contribution is -0.134. The predicted octanol–water partition coefficient (Wildman–Crippen LogP) is 3.70. The number of halogens is 1. The zero-order chi connectivity index (χ0) is 22.0. The van der Waals surface area contributed by atoms with Crippen LogP contribution in [-0.2, 0) is 9.53 Å². The Hall–Kier alpha value is -3.19. The van der Waals surface area contributed by atoms with Crippen LogP contribution in [0.3, 0.4) is 0 Å². The second kappa shape index (κ2) is 8.89. The number of carbonyl (C=O) groups excluding carboxylic acids is 4. The minimum atomic E-state index is -0.712. The van der Waals surface area contributed by atoms with E-state index in [0.717, 1.165) is 30.6 Å². The van der Waals surface area contributed by atoms with Crippen molar-refractivity contribution in [1.29, 1.82) is 0 Å². The van der Waals surface area contributed by atoms with Crippen LogP contribution < -0.4 is 4.90 Å². The van der Waals surface area contributed by atoms with Crippen LogP contribution in [0.1, 0.15) is 56.8 Å². The Morgan fingerprint density at radius 2 is 1.52 bits per heavy atom. The average molecular weight is 441 g/mol. The van der Waals surface area contributed by atoms with Crippen molar-refractivity contribution < 1.29 is 23.9 Å². The third-order valence-electron chi connectivity index (χ3n) is 5.49.